The minimum atomic E-state index is 0.0660. The summed E-state index contributed by atoms with van der Waals surface area (Å²) in [6.45, 7) is 3.09. The molecule has 0 fully saturated rings. The molecule has 1 aromatic carbocycles. The first-order valence-electron chi connectivity index (χ1n) is 7.90. The van der Waals surface area contributed by atoms with Crippen LogP contribution in [0.2, 0.25) is 5.02 Å². The molecule has 0 spiro atoms. The fraction of sp³-hybridized carbons (Fsp3) is 0.389. The van der Waals surface area contributed by atoms with Gasteiger partial charge in [-0.3, -0.25) is 4.98 Å². The number of aliphatic hydroxyl groups excluding tert-OH is 1. The van der Waals surface area contributed by atoms with Gasteiger partial charge in [-0.15, -0.1) is 0 Å². The van der Waals surface area contributed by atoms with Crippen LogP contribution in [0.5, 0.6) is 11.5 Å². The third kappa shape index (κ3) is 5.09. The van der Waals surface area contributed by atoms with Crippen molar-refractivity contribution in [3.8, 4) is 11.5 Å². The summed E-state index contributed by atoms with van der Waals surface area (Å²) in [4.78, 5) is 4.06. The van der Waals surface area contributed by atoms with E-state index in [1.54, 1.807) is 19.5 Å². The molecule has 1 aromatic heterocycles. The number of pyridine rings is 1. The minimum Gasteiger partial charge on any atom is -0.493 e. The zero-order valence-corrected chi connectivity index (χ0v) is 14.7. The lowest BCUT2D eigenvalue weighted by Crippen LogP contribution is -2.31. The van der Waals surface area contributed by atoms with E-state index in [-0.39, 0.29) is 12.6 Å². The summed E-state index contributed by atoms with van der Waals surface area (Å²) >= 11 is 6.36. The highest BCUT2D eigenvalue weighted by Crippen LogP contribution is 2.37. The Morgan fingerprint density at radius 1 is 1.33 bits per heavy atom. The largest absolute Gasteiger partial charge is 0.493 e. The first-order chi connectivity index (χ1) is 11.7. The molecule has 2 aromatic rings. The standard InChI is InChI=1S/C18H23ClN2O3/c1-3-15(11-22)21-10-14-7-16(19)18(17(8-14)23-2)24-12-13-5-4-6-20-9-13/h4-9,15,21-22H,3,10-12H2,1-2H3/t15-/m0/s1. The number of halogens is 1. The van der Waals surface area contributed by atoms with Gasteiger partial charge in [0.25, 0.3) is 0 Å². The number of benzene rings is 1. The molecule has 2 rings (SSSR count). The van der Waals surface area contributed by atoms with Gasteiger partial charge in [0, 0.05) is 30.5 Å². The number of hydrogen-bond donors (Lipinski definition) is 2. The topological polar surface area (TPSA) is 63.6 Å². The maximum atomic E-state index is 9.24. The van der Waals surface area contributed by atoms with Gasteiger partial charge in [-0.2, -0.15) is 0 Å². The third-order valence-corrected chi connectivity index (χ3v) is 3.98. The minimum absolute atomic E-state index is 0.0660. The molecule has 0 aliphatic carbocycles. The van der Waals surface area contributed by atoms with Crippen LogP contribution in [0.3, 0.4) is 0 Å². The van der Waals surface area contributed by atoms with Crippen molar-refractivity contribution in [1.82, 2.24) is 10.3 Å². The summed E-state index contributed by atoms with van der Waals surface area (Å²) in [5.41, 5.74) is 1.92. The monoisotopic (exact) mass is 350 g/mol. The van der Waals surface area contributed by atoms with Crippen molar-refractivity contribution in [3.63, 3.8) is 0 Å². The number of nitrogens with one attached hydrogen (secondary N) is 1. The van der Waals surface area contributed by atoms with E-state index in [0.29, 0.717) is 29.7 Å². The van der Waals surface area contributed by atoms with Crippen molar-refractivity contribution in [1.29, 1.82) is 0 Å². The van der Waals surface area contributed by atoms with Gasteiger partial charge in [0.2, 0.25) is 0 Å². The fourth-order valence-electron chi connectivity index (χ4n) is 2.25. The maximum Gasteiger partial charge on any atom is 0.180 e. The second-order valence-electron chi connectivity index (χ2n) is 5.43. The molecule has 1 atom stereocenters. The summed E-state index contributed by atoms with van der Waals surface area (Å²) in [6, 6.07) is 7.60. The summed E-state index contributed by atoms with van der Waals surface area (Å²) in [6.07, 6.45) is 4.32. The van der Waals surface area contributed by atoms with Gasteiger partial charge in [-0.1, -0.05) is 24.6 Å². The van der Waals surface area contributed by atoms with E-state index in [1.807, 2.05) is 31.2 Å². The molecular formula is C18H23ClN2O3. The molecule has 5 nitrogen and oxygen atoms in total. The Balaban J connectivity index is 2.09. The Kier molecular flexibility index (Phi) is 7.31. The van der Waals surface area contributed by atoms with E-state index in [1.165, 1.54) is 0 Å². The Morgan fingerprint density at radius 2 is 2.17 bits per heavy atom. The predicted octanol–water partition coefficient (Wildman–Crippen LogP) is 3.18. The van der Waals surface area contributed by atoms with Gasteiger partial charge in [-0.05, 0) is 30.2 Å². The molecule has 1 heterocycles. The van der Waals surface area contributed by atoms with Gasteiger partial charge in [0.1, 0.15) is 6.61 Å². The lowest BCUT2D eigenvalue weighted by Gasteiger charge is -2.17. The number of aliphatic hydroxyl groups is 1. The molecule has 24 heavy (non-hydrogen) atoms. The van der Waals surface area contributed by atoms with Gasteiger partial charge in [-0.25, -0.2) is 0 Å². The number of methoxy groups -OCH3 is 1. The Hall–Kier alpha value is -1.82. The first-order valence-corrected chi connectivity index (χ1v) is 8.28. The molecule has 0 amide bonds. The molecule has 0 radical (unpaired) electrons. The Morgan fingerprint density at radius 3 is 2.79 bits per heavy atom. The lowest BCUT2D eigenvalue weighted by molar-refractivity contribution is 0.238. The smallest absolute Gasteiger partial charge is 0.180 e. The highest BCUT2D eigenvalue weighted by Gasteiger charge is 2.13. The summed E-state index contributed by atoms with van der Waals surface area (Å²) in [7, 11) is 1.59. The normalized spacial score (nSPS) is 12.0. The van der Waals surface area contributed by atoms with Crippen LogP contribution in [0.4, 0.5) is 0 Å². The molecule has 6 heteroatoms. The second kappa shape index (κ2) is 9.47. The highest BCUT2D eigenvalue weighted by atomic mass is 35.5. The summed E-state index contributed by atoms with van der Waals surface area (Å²) in [5, 5.41) is 13.0. The van der Waals surface area contributed by atoms with E-state index in [2.05, 4.69) is 10.3 Å². The van der Waals surface area contributed by atoms with E-state index < -0.39 is 0 Å². The van der Waals surface area contributed by atoms with Crippen LogP contribution in [-0.2, 0) is 13.2 Å². The Bertz CT molecular complexity index is 634. The average molecular weight is 351 g/mol. The van der Waals surface area contributed by atoms with Crippen molar-refractivity contribution in [2.45, 2.75) is 32.5 Å². The quantitative estimate of drug-likeness (QED) is 0.727. The van der Waals surface area contributed by atoms with Crippen molar-refractivity contribution in [3.05, 3.63) is 52.8 Å². The zero-order chi connectivity index (χ0) is 17.4. The number of aromatic nitrogens is 1. The Labute approximate surface area is 147 Å². The highest BCUT2D eigenvalue weighted by molar-refractivity contribution is 6.32. The van der Waals surface area contributed by atoms with Crippen LogP contribution < -0.4 is 14.8 Å². The number of hydrogen-bond acceptors (Lipinski definition) is 5. The van der Waals surface area contributed by atoms with E-state index in [9.17, 15) is 5.11 Å². The van der Waals surface area contributed by atoms with Gasteiger partial charge in [0.05, 0.1) is 18.7 Å². The zero-order valence-electron chi connectivity index (χ0n) is 14.0. The molecule has 130 valence electrons. The van der Waals surface area contributed by atoms with Crippen LogP contribution in [0.15, 0.2) is 36.7 Å². The predicted molar refractivity (Wildman–Crippen MR) is 94.6 cm³/mol. The van der Waals surface area contributed by atoms with E-state index in [4.69, 9.17) is 21.1 Å². The second-order valence-corrected chi connectivity index (χ2v) is 5.83. The molecule has 0 aliphatic heterocycles. The molecule has 0 saturated carbocycles. The third-order valence-electron chi connectivity index (χ3n) is 3.70. The van der Waals surface area contributed by atoms with Gasteiger partial charge >= 0.3 is 0 Å². The fourth-order valence-corrected chi connectivity index (χ4v) is 2.54. The number of ether oxygens (including phenoxy) is 2. The van der Waals surface area contributed by atoms with Crippen molar-refractivity contribution < 1.29 is 14.6 Å². The van der Waals surface area contributed by atoms with Crippen molar-refractivity contribution >= 4 is 11.6 Å². The maximum absolute atomic E-state index is 9.24. The summed E-state index contributed by atoms with van der Waals surface area (Å²) < 4.78 is 11.2. The SMILES string of the molecule is CC[C@@H](CO)NCc1cc(Cl)c(OCc2cccnc2)c(OC)c1. The van der Waals surface area contributed by atoms with Crippen LogP contribution >= 0.6 is 11.6 Å². The van der Waals surface area contributed by atoms with E-state index >= 15 is 0 Å². The van der Waals surface area contributed by atoms with Crippen molar-refractivity contribution in [2.75, 3.05) is 13.7 Å². The summed E-state index contributed by atoms with van der Waals surface area (Å²) in [5.74, 6) is 1.10. The van der Waals surface area contributed by atoms with E-state index in [0.717, 1.165) is 17.5 Å². The average Bonchev–Trinajstić information content (AvgIpc) is 2.62. The number of rotatable bonds is 9. The first kappa shape index (κ1) is 18.5. The molecule has 0 bridgehead atoms. The molecule has 0 unspecified atom stereocenters. The lowest BCUT2D eigenvalue weighted by atomic mass is 10.1. The van der Waals surface area contributed by atoms with Gasteiger partial charge < -0.3 is 19.9 Å². The van der Waals surface area contributed by atoms with Crippen LogP contribution in [-0.4, -0.2) is 29.8 Å². The molecular weight excluding hydrogens is 328 g/mol. The molecule has 2 N–H and O–H groups in total. The van der Waals surface area contributed by atoms with Crippen LogP contribution in [0.25, 0.3) is 0 Å². The molecule has 0 saturated heterocycles. The van der Waals surface area contributed by atoms with Gasteiger partial charge in [0.15, 0.2) is 11.5 Å². The van der Waals surface area contributed by atoms with Crippen molar-refractivity contribution in [2.24, 2.45) is 0 Å². The number of nitrogens with zero attached hydrogens (tertiary/aromatic N) is 1. The molecule has 0 aliphatic rings. The van der Waals surface area contributed by atoms with Crippen LogP contribution in [0, 0.1) is 0 Å². The van der Waals surface area contributed by atoms with Crippen LogP contribution in [0.1, 0.15) is 24.5 Å².